The van der Waals surface area contributed by atoms with Crippen LogP contribution in [0.3, 0.4) is 0 Å². The molecule has 0 fully saturated rings. The Labute approximate surface area is 124 Å². The first-order valence-electron chi connectivity index (χ1n) is 6.81. The van der Waals surface area contributed by atoms with Gasteiger partial charge >= 0.3 is 6.03 Å². The molecule has 114 valence electrons. The zero-order chi connectivity index (χ0) is 15.3. The summed E-state index contributed by atoms with van der Waals surface area (Å²) in [4.78, 5) is 17.3. The third-order valence-electron chi connectivity index (χ3n) is 2.77. The van der Waals surface area contributed by atoms with Gasteiger partial charge in [0.2, 0.25) is 0 Å². The Balaban J connectivity index is 2.49. The summed E-state index contributed by atoms with van der Waals surface area (Å²) in [6, 6.07) is -0.642. The highest BCUT2D eigenvalue weighted by Gasteiger charge is 2.21. The number of rotatable bonds is 5. The second kappa shape index (κ2) is 7.04. The SMILES string of the molecule is Cc1cnc(C(C)NC(=O)NC(CO)CC(C)(C)C)s1. The maximum Gasteiger partial charge on any atom is 0.315 e. The van der Waals surface area contributed by atoms with Gasteiger partial charge in [0.05, 0.1) is 18.7 Å². The molecule has 1 heterocycles. The molecule has 0 saturated heterocycles. The summed E-state index contributed by atoms with van der Waals surface area (Å²) in [5.41, 5.74) is 0.0543. The van der Waals surface area contributed by atoms with Gasteiger partial charge in [-0.3, -0.25) is 0 Å². The summed E-state index contributed by atoms with van der Waals surface area (Å²) < 4.78 is 0. The summed E-state index contributed by atoms with van der Waals surface area (Å²) in [5.74, 6) is 0. The molecule has 0 aromatic carbocycles. The van der Waals surface area contributed by atoms with Gasteiger partial charge in [0.1, 0.15) is 5.01 Å². The predicted octanol–water partition coefficient (Wildman–Crippen LogP) is 2.61. The number of carbonyl (C=O) groups excluding carboxylic acids is 1. The van der Waals surface area contributed by atoms with Gasteiger partial charge in [-0.2, -0.15) is 0 Å². The molecule has 1 rings (SSSR count). The summed E-state index contributed by atoms with van der Waals surface area (Å²) >= 11 is 1.57. The zero-order valence-corrected chi connectivity index (χ0v) is 13.7. The molecule has 2 atom stereocenters. The summed E-state index contributed by atoms with van der Waals surface area (Å²) in [5, 5.41) is 15.9. The van der Waals surface area contributed by atoms with E-state index in [-0.39, 0.29) is 30.1 Å². The number of urea groups is 1. The minimum Gasteiger partial charge on any atom is -0.394 e. The van der Waals surface area contributed by atoms with E-state index in [0.29, 0.717) is 0 Å². The first-order valence-corrected chi connectivity index (χ1v) is 7.63. The van der Waals surface area contributed by atoms with E-state index < -0.39 is 0 Å². The van der Waals surface area contributed by atoms with E-state index in [1.165, 1.54) is 0 Å². The van der Waals surface area contributed by atoms with Crippen LogP contribution >= 0.6 is 11.3 Å². The zero-order valence-electron chi connectivity index (χ0n) is 12.9. The molecule has 0 radical (unpaired) electrons. The Bertz CT molecular complexity index is 440. The Morgan fingerprint density at radius 3 is 2.55 bits per heavy atom. The van der Waals surface area contributed by atoms with Crippen molar-refractivity contribution in [1.29, 1.82) is 0 Å². The number of carbonyl (C=O) groups is 1. The average Bonchev–Trinajstić information content (AvgIpc) is 2.73. The fraction of sp³-hybridized carbons (Fsp3) is 0.714. The molecule has 0 spiro atoms. The molecule has 0 aliphatic carbocycles. The number of aliphatic hydroxyl groups excluding tert-OH is 1. The molecule has 0 aliphatic heterocycles. The highest BCUT2D eigenvalue weighted by molar-refractivity contribution is 7.11. The van der Waals surface area contributed by atoms with Gasteiger partial charge < -0.3 is 15.7 Å². The number of nitrogens with zero attached hydrogens (tertiary/aromatic N) is 1. The number of aliphatic hydroxyl groups is 1. The molecular weight excluding hydrogens is 274 g/mol. The van der Waals surface area contributed by atoms with Crippen LogP contribution in [0.25, 0.3) is 0 Å². The Hall–Kier alpha value is -1.14. The van der Waals surface area contributed by atoms with Crippen molar-refractivity contribution < 1.29 is 9.90 Å². The number of amides is 2. The lowest BCUT2D eigenvalue weighted by molar-refractivity contribution is 0.189. The van der Waals surface area contributed by atoms with Crippen molar-refractivity contribution >= 4 is 17.4 Å². The summed E-state index contributed by atoms with van der Waals surface area (Å²) in [7, 11) is 0. The molecule has 2 amide bonds. The molecule has 1 aromatic rings. The van der Waals surface area contributed by atoms with Gasteiger partial charge in [-0.05, 0) is 25.7 Å². The highest BCUT2D eigenvalue weighted by atomic mass is 32.1. The maximum absolute atomic E-state index is 11.9. The standard InChI is InChI=1S/C14H25N3O2S/c1-9-7-15-12(20-9)10(2)16-13(19)17-11(8-18)6-14(3,4)5/h7,10-11,18H,6,8H2,1-5H3,(H2,16,17,19). The van der Waals surface area contributed by atoms with Crippen molar-refractivity contribution in [2.45, 2.75) is 53.1 Å². The molecule has 20 heavy (non-hydrogen) atoms. The molecule has 0 bridgehead atoms. The number of hydrogen-bond donors (Lipinski definition) is 3. The second-order valence-electron chi connectivity index (χ2n) is 6.29. The van der Waals surface area contributed by atoms with Crippen molar-refractivity contribution in [1.82, 2.24) is 15.6 Å². The molecule has 5 nitrogen and oxygen atoms in total. The average molecular weight is 299 g/mol. The van der Waals surface area contributed by atoms with Crippen LogP contribution in [0.15, 0.2) is 6.20 Å². The third-order valence-corrected chi connectivity index (χ3v) is 3.87. The van der Waals surface area contributed by atoms with E-state index in [9.17, 15) is 9.90 Å². The monoisotopic (exact) mass is 299 g/mol. The quantitative estimate of drug-likeness (QED) is 0.782. The Morgan fingerprint density at radius 1 is 1.45 bits per heavy atom. The third kappa shape index (κ3) is 5.88. The van der Waals surface area contributed by atoms with Gasteiger partial charge in [0, 0.05) is 11.1 Å². The van der Waals surface area contributed by atoms with Gasteiger partial charge in [0.25, 0.3) is 0 Å². The van der Waals surface area contributed by atoms with Crippen LogP contribution in [-0.2, 0) is 0 Å². The van der Waals surface area contributed by atoms with Crippen molar-refractivity contribution in [3.8, 4) is 0 Å². The molecule has 1 aromatic heterocycles. The van der Waals surface area contributed by atoms with Gasteiger partial charge in [-0.1, -0.05) is 20.8 Å². The fourth-order valence-corrected chi connectivity index (χ4v) is 2.73. The molecule has 0 aliphatic rings. The normalized spacial score (nSPS) is 14.7. The molecule has 6 heteroatoms. The van der Waals surface area contributed by atoms with Crippen LogP contribution in [0.1, 0.15) is 50.0 Å². The van der Waals surface area contributed by atoms with E-state index in [1.54, 1.807) is 17.5 Å². The number of nitrogens with one attached hydrogen (secondary N) is 2. The van der Waals surface area contributed by atoms with Crippen molar-refractivity contribution in [3.63, 3.8) is 0 Å². The maximum atomic E-state index is 11.9. The van der Waals surface area contributed by atoms with Gasteiger partial charge in [0.15, 0.2) is 0 Å². The Kier molecular flexibility index (Phi) is 5.95. The molecule has 3 N–H and O–H groups in total. The van der Waals surface area contributed by atoms with Crippen LogP contribution in [0.5, 0.6) is 0 Å². The first-order chi connectivity index (χ1) is 9.21. The topological polar surface area (TPSA) is 74.2 Å². The fourth-order valence-electron chi connectivity index (χ4n) is 1.96. The smallest absolute Gasteiger partial charge is 0.315 e. The first kappa shape index (κ1) is 16.9. The number of thiazole rings is 1. The highest BCUT2D eigenvalue weighted by Crippen LogP contribution is 2.21. The van der Waals surface area contributed by atoms with Crippen LogP contribution in [0.2, 0.25) is 0 Å². The minimum absolute atomic E-state index is 0.0543. The van der Waals surface area contributed by atoms with E-state index in [4.69, 9.17) is 0 Å². The minimum atomic E-state index is -0.270. The van der Waals surface area contributed by atoms with Gasteiger partial charge in [-0.25, -0.2) is 9.78 Å². The predicted molar refractivity (Wildman–Crippen MR) is 81.9 cm³/mol. The van der Waals surface area contributed by atoms with E-state index in [2.05, 4.69) is 36.4 Å². The van der Waals surface area contributed by atoms with E-state index >= 15 is 0 Å². The van der Waals surface area contributed by atoms with Crippen LogP contribution in [0.4, 0.5) is 4.79 Å². The number of aromatic nitrogens is 1. The lowest BCUT2D eigenvalue weighted by Crippen LogP contribution is -2.45. The van der Waals surface area contributed by atoms with Crippen LogP contribution in [-0.4, -0.2) is 28.8 Å². The summed E-state index contributed by atoms with van der Waals surface area (Å²) in [6.07, 6.45) is 2.52. The van der Waals surface area contributed by atoms with E-state index in [0.717, 1.165) is 16.3 Å². The largest absolute Gasteiger partial charge is 0.394 e. The summed E-state index contributed by atoms with van der Waals surface area (Å²) in [6.45, 7) is 10.1. The second-order valence-corrected chi connectivity index (χ2v) is 7.56. The van der Waals surface area contributed by atoms with E-state index in [1.807, 2.05) is 13.8 Å². The molecular formula is C14H25N3O2S. The molecule has 2 unspecified atom stereocenters. The Morgan fingerprint density at radius 2 is 2.10 bits per heavy atom. The van der Waals surface area contributed by atoms with Crippen LogP contribution < -0.4 is 10.6 Å². The lowest BCUT2D eigenvalue weighted by Gasteiger charge is -2.26. The van der Waals surface area contributed by atoms with Crippen molar-refractivity contribution in [2.24, 2.45) is 5.41 Å². The van der Waals surface area contributed by atoms with Crippen LogP contribution in [0, 0.1) is 12.3 Å². The van der Waals surface area contributed by atoms with Crippen molar-refractivity contribution in [3.05, 3.63) is 16.1 Å². The molecule has 0 saturated carbocycles. The van der Waals surface area contributed by atoms with Gasteiger partial charge in [-0.15, -0.1) is 11.3 Å². The number of hydrogen-bond acceptors (Lipinski definition) is 4. The number of aryl methyl sites for hydroxylation is 1. The van der Waals surface area contributed by atoms with Crippen molar-refractivity contribution in [2.75, 3.05) is 6.61 Å². The lowest BCUT2D eigenvalue weighted by atomic mass is 9.88.